The van der Waals surface area contributed by atoms with Crippen molar-refractivity contribution in [3.8, 4) is 11.9 Å². The number of hydrogen-bond acceptors (Lipinski definition) is 5. The van der Waals surface area contributed by atoms with Crippen molar-refractivity contribution in [1.29, 1.82) is 5.26 Å². The van der Waals surface area contributed by atoms with Crippen molar-refractivity contribution in [3.63, 3.8) is 0 Å². The molecule has 1 unspecified atom stereocenters. The van der Waals surface area contributed by atoms with Gasteiger partial charge in [0.15, 0.2) is 0 Å². The van der Waals surface area contributed by atoms with Crippen LogP contribution in [-0.2, 0) is 6.18 Å². The number of aryl methyl sites for hydroxylation is 1. The van der Waals surface area contributed by atoms with Crippen molar-refractivity contribution >= 4 is 5.82 Å². The second kappa shape index (κ2) is 7.20. The van der Waals surface area contributed by atoms with Gasteiger partial charge in [0.2, 0.25) is 0 Å². The van der Waals surface area contributed by atoms with Crippen molar-refractivity contribution in [3.05, 3.63) is 65.5 Å². The number of imidazole rings is 1. The number of nitrogens with zero attached hydrogens (tertiary/aromatic N) is 6. The highest BCUT2D eigenvalue weighted by Gasteiger charge is 2.39. The van der Waals surface area contributed by atoms with E-state index in [2.05, 4.69) is 15.0 Å². The minimum atomic E-state index is -4.63. The van der Waals surface area contributed by atoms with Gasteiger partial charge in [-0.1, -0.05) is 6.07 Å². The van der Waals surface area contributed by atoms with E-state index in [0.29, 0.717) is 24.6 Å². The Labute approximate surface area is 165 Å². The molecule has 1 atom stereocenters. The molecule has 29 heavy (non-hydrogen) atoms. The van der Waals surface area contributed by atoms with E-state index in [1.54, 1.807) is 35.6 Å². The van der Waals surface area contributed by atoms with Crippen molar-refractivity contribution < 1.29 is 13.2 Å². The van der Waals surface area contributed by atoms with Gasteiger partial charge in [-0.3, -0.25) is 4.57 Å². The maximum atomic E-state index is 13.5. The number of aromatic nitrogens is 4. The Morgan fingerprint density at radius 1 is 1.21 bits per heavy atom. The van der Waals surface area contributed by atoms with Crippen LogP contribution in [0.3, 0.4) is 0 Å². The highest BCUT2D eigenvalue weighted by molar-refractivity contribution is 5.60. The van der Waals surface area contributed by atoms with E-state index in [4.69, 9.17) is 0 Å². The van der Waals surface area contributed by atoms with Crippen LogP contribution in [-0.4, -0.2) is 26.1 Å². The minimum absolute atomic E-state index is 0.0536. The number of hydrogen-bond donors (Lipinski definition) is 0. The predicted octanol–water partition coefficient (Wildman–Crippen LogP) is 4.20. The van der Waals surface area contributed by atoms with Crippen LogP contribution >= 0.6 is 0 Å². The van der Waals surface area contributed by atoms with E-state index < -0.39 is 17.3 Å². The molecular formula is C20H17F3N6. The van der Waals surface area contributed by atoms with Crippen LogP contribution < -0.4 is 4.90 Å². The summed E-state index contributed by atoms with van der Waals surface area (Å²) in [5.74, 6) is 1.38. The van der Waals surface area contributed by atoms with Gasteiger partial charge in [-0.15, -0.1) is 0 Å². The van der Waals surface area contributed by atoms with Gasteiger partial charge in [-0.25, -0.2) is 15.0 Å². The Balaban J connectivity index is 1.82. The second-order valence-electron chi connectivity index (χ2n) is 6.81. The zero-order valence-corrected chi connectivity index (χ0v) is 15.6. The maximum absolute atomic E-state index is 13.5. The largest absolute Gasteiger partial charge is 0.417 e. The molecule has 0 radical (unpaired) electrons. The van der Waals surface area contributed by atoms with Crippen molar-refractivity contribution in [2.24, 2.45) is 0 Å². The molecule has 0 spiro atoms. The summed E-state index contributed by atoms with van der Waals surface area (Å²) in [6.07, 6.45) is 1.88. The molecule has 3 aromatic rings. The van der Waals surface area contributed by atoms with Crippen LogP contribution in [0.1, 0.15) is 41.5 Å². The fourth-order valence-corrected chi connectivity index (χ4v) is 3.74. The number of pyridine rings is 2. The van der Waals surface area contributed by atoms with Gasteiger partial charge >= 0.3 is 6.18 Å². The number of alkyl halides is 3. The van der Waals surface area contributed by atoms with E-state index in [-0.39, 0.29) is 17.6 Å². The molecule has 0 aliphatic carbocycles. The normalized spacial score (nSPS) is 16.8. The lowest BCUT2D eigenvalue weighted by molar-refractivity contribution is -0.137. The van der Waals surface area contributed by atoms with E-state index in [0.717, 1.165) is 12.5 Å². The Hall–Kier alpha value is -3.41. The molecule has 4 heterocycles. The molecule has 4 rings (SSSR count). The minimum Gasteiger partial charge on any atom is -0.345 e. The Bertz CT molecular complexity index is 1070. The van der Waals surface area contributed by atoms with Gasteiger partial charge in [0.05, 0.1) is 11.6 Å². The summed E-state index contributed by atoms with van der Waals surface area (Å²) < 4.78 is 42.4. The molecule has 0 amide bonds. The molecule has 0 saturated carbocycles. The molecule has 0 bridgehead atoms. The lowest BCUT2D eigenvalue weighted by atomic mass is 10.1. The van der Waals surface area contributed by atoms with Gasteiger partial charge in [-0.2, -0.15) is 18.4 Å². The molecule has 1 fully saturated rings. The third kappa shape index (κ3) is 3.42. The topological polar surface area (TPSA) is 70.6 Å². The van der Waals surface area contributed by atoms with Crippen LogP contribution in [0, 0.1) is 18.3 Å². The first-order valence-electron chi connectivity index (χ1n) is 9.10. The highest BCUT2D eigenvalue weighted by atomic mass is 19.4. The first-order valence-corrected chi connectivity index (χ1v) is 9.10. The average Bonchev–Trinajstić information content (AvgIpc) is 3.36. The summed E-state index contributed by atoms with van der Waals surface area (Å²) in [7, 11) is 0. The van der Waals surface area contributed by atoms with Crippen molar-refractivity contribution in [2.45, 2.75) is 32.0 Å². The third-order valence-corrected chi connectivity index (χ3v) is 4.93. The molecule has 3 aromatic heterocycles. The number of rotatable bonds is 3. The maximum Gasteiger partial charge on any atom is 0.417 e. The summed E-state index contributed by atoms with van der Waals surface area (Å²) in [5.41, 5.74) is -1.20. The van der Waals surface area contributed by atoms with Crippen molar-refractivity contribution in [2.75, 3.05) is 11.4 Å². The molecule has 1 saturated heterocycles. The number of nitriles is 1. The van der Waals surface area contributed by atoms with Gasteiger partial charge in [0, 0.05) is 30.8 Å². The molecule has 9 heteroatoms. The Morgan fingerprint density at radius 3 is 2.72 bits per heavy atom. The summed E-state index contributed by atoms with van der Waals surface area (Å²) >= 11 is 0. The fraction of sp³-hybridized carbons (Fsp3) is 0.300. The first-order chi connectivity index (χ1) is 13.9. The summed E-state index contributed by atoms with van der Waals surface area (Å²) in [6, 6.07) is 7.82. The molecule has 1 aliphatic heterocycles. The zero-order chi connectivity index (χ0) is 20.6. The summed E-state index contributed by atoms with van der Waals surface area (Å²) in [4.78, 5) is 14.8. The van der Waals surface area contributed by atoms with Crippen LogP contribution in [0.2, 0.25) is 0 Å². The average molecular weight is 398 g/mol. The first kappa shape index (κ1) is 18.9. The molecule has 0 aromatic carbocycles. The number of anilines is 1. The van der Waals surface area contributed by atoms with Crippen molar-refractivity contribution in [1.82, 2.24) is 19.5 Å². The third-order valence-electron chi connectivity index (χ3n) is 4.93. The van der Waals surface area contributed by atoms with E-state index in [1.165, 1.54) is 6.92 Å². The highest BCUT2D eigenvalue weighted by Crippen LogP contribution is 2.41. The smallest absolute Gasteiger partial charge is 0.345 e. The zero-order valence-electron chi connectivity index (χ0n) is 15.6. The van der Waals surface area contributed by atoms with E-state index in [9.17, 15) is 18.4 Å². The Morgan fingerprint density at radius 2 is 2.03 bits per heavy atom. The standard InChI is InChI=1S/C20H17F3N6/c1-13-11-15(20(21,22)23)14(12-24)18(27-13)28-9-4-5-16(28)19-26-8-10-29(19)17-6-2-3-7-25-17/h2-3,6-8,10-11,16H,4-5,9H2,1H3. The SMILES string of the molecule is Cc1cc(C(F)(F)F)c(C#N)c(N2CCCC2c2nccn2-c2ccccn2)n1. The molecule has 6 nitrogen and oxygen atoms in total. The van der Waals surface area contributed by atoms with Crippen LogP contribution in [0.4, 0.5) is 19.0 Å². The lowest BCUT2D eigenvalue weighted by Gasteiger charge is -2.28. The van der Waals surface area contributed by atoms with Gasteiger partial charge in [-0.05, 0) is 38.0 Å². The Kier molecular flexibility index (Phi) is 4.70. The van der Waals surface area contributed by atoms with E-state index in [1.807, 2.05) is 16.7 Å². The summed E-state index contributed by atoms with van der Waals surface area (Å²) in [5, 5.41) is 9.52. The van der Waals surface area contributed by atoms with E-state index >= 15 is 0 Å². The quantitative estimate of drug-likeness (QED) is 0.661. The monoisotopic (exact) mass is 398 g/mol. The fourth-order valence-electron chi connectivity index (χ4n) is 3.74. The molecular weight excluding hydrogens is 381 g/mol. The van der Waals surface area contributed by atoms with Gasteiger partial charge in [0.25, 0.3) is 0 Å². The predicted molar refractivity (Wildman–Crippen MR) is 99.4 cm³/mol. The summed E-state index contributed by atoms with van der Waals surface area (Å²) in [6.45, 7) is 1.99. The molecule has 0 N–H and O–H groups in total. The van der Waals surface area contributed by atoms with Gasteiger partial charge < -0.3 is 4.90 Å². The van der Waals surface area contributed by atoms with Crippen LogP contribution in [0.15, 0.2) is 42.9 Å². The lowest BCUT2D eigenvalue weighted by Crippen LogP contribution is -2.28. The molecule has 148 valence electrons. The van der Waals surface area contributed by atoms with Gasteiger partial charge in [0.1, 0.15) is 29.1 Å². The van der Waals surface area contributed by atoms with Crippen LogP contribution in [0.25, 0.3) is 5.82 Å². The van der Waals surface area contributed by atoms with Crippen LogP contribution in [0.5, 0.6) is 0 Å². The second-order valence-corrected chi connectivity index (χ2v) is 6.81. The number of halogens is 3. The molecule has 1 aliphatic rings.